The highest BCUT2D eigenvalue weighted by Gasteiger charge is 2.29. The average molecular weight is 471 g/mol. The van der Waals surface area contributed by atoms with Crippen LogP contribution >= 0.6 is 0 Å². The highest BCUT2D eigenvalue weighted by atomic mass is 32.2. The summed E-state index contributed by atoms with van der Waals surface area (Å²) in [6, 6.07) is 8.60. The summed E-state index contributed by atoms with van der Waals surface area (Å²) in [5, 5.41) is 0. The number of benzene rings is 1. The Bertz CT molecular complexity index is 1190. The molecule has 0 N–H and O–H groups in total. The summed E-state index contributed by atoms with van der Waals surface area (Å²) in [5.41, 5.74) is 1.98. The van der Waals surface area contributed by atoms with Crippen molar-refractivity contribution in [1.29, 1.82) is 0 Å². The lowest BCUT2D eigenvalue weighted by atomic mass is 10.3. The van der Waals surface area contributed by atoms with Gasteiger partial charge in [-0.2, -0.15) is 4.31 Å². The minimum absolute atomic E-state index is 0.286. The molecular formula is C23H30N6O3S. The molecule has 0 bridgehead atoms. The van der Waals surface area contributed by atoms with E-state index < -0.39 is 10.0 Å². The Morgan fingerprint density at radius 1 is 0.970 bits per heavy atom. The van der Waals surface area contributed by atoms with E-state index in [0.717, 1.165) is 35.9 Å². The maximum Gasteiger partial charge on any atom is 0.243 e. The van der Waals surface area contributed by atoms with Crippen molar-refractivity contribution >= 4 is 15.8 Å². The van der Waals surface area contributed by atoms with Crippen LogP contribution in [0.3, 0.4) is 0 Å². The zero-order chi connectivity index (χ0) is 23.4. The number of hydrogen-bond acceptors (Lipinski definition) is 7. The molecule has 1 aliphatic heterocycles. The van der Waals surface area contributed by atoms with Gasteiger partial charge in [0.05, 0.1) is 17.2 Å². The van der Waals surface area contributed by atoms with Crippen LogP contribution in [0.25, 0.3) is 5.82 Å². The van der Waals surface area contributed by atoms with Crippen LogP contribution < -0.4 is 9.64 Å². The minimum atomic E-state index is -3.56. The summed E-state index contributed by atoms with van der Waals surface area (Å²) in [5.74, 6) is 2.21. The molecule has 0 unspecified atom stereocenters. The van der Waals surface area contributed by atoms with Gasteiger partial charge in [-0.25, -0.2) is 23.4 Å². The Hall–Kier alpha value is -2.98. The van der Waals surface area contributed by atoms with Crippen molar-refractivity contribution in [2.75, 3.05) is 37.7 Å². The van der Waals surface area contributed by atoms with Crippen LogP contribution in [0.5, 0.6) is 5.75 Å². The van der Waals surface area contributed by atoms with Gasteiger partial charge in [-0.15, -0.1) is 0 Å². The summed E-state index contributed by atoms with van der Waals surface area (Å²) >= 11 is 0. The molecule has 33 heavy (non-hydrogen) atoms. The standard InChI is InChI=1S/C23H30N6O3S/c1-4-5-14-32-20-6-8-21(9-7-20)33(30,31)28-12-10-27(11-13-28)22-15-23(25-16-24-22)29-17-26-18(2)19(29)3/h6-9,15-17H,4-5,10-14H2,1-3H3. The molecule has 0 aliphatic carbocycles. The number of ether oxygens (including phenoxy) is 1. The Morgan fingerprint density at radius 3 is 2.30 bits per heavy atom. The quantitative estimate of drug-likeness (QED) is 0.467. The van der Waals surface area contributed by atoms with Crippen molar-refractivity contribution < 1.29 is 13.2 Å². The normalized spacial score (nSPS) is 15.1. The maximum atomic E-state index is 13.1. The van der Waals surface area contributed by atoms with Crippen molar-refractivity contribution in [2.24, 2.45) is 0 Å². The van der Waals surface area contributed by atoms with Gasteiger partial charge in [-0.05, 0) is 44.5 Å². The summed E-state index contributed by atoms with van der Waals surface area (Å²) in [4.78, 5) is 15.5. The number of hydrogen-bond donors (Lipinski definition) is 0. The second kappa shape index (κ2) is 9.88. The molecule has 0 amide bonds. The van der Waals surface area contributed by atoms with E-state index in [1.54, 1.807) is 30.6 Å². The second-order valence-electron chi connectivity index (χ2n) is 8.08. The van der Waals surface area contributed by atoms with E-state index in [1.807, 2.05) is 24.5 Å². The predicted octanol–water partition coefficient (Wildman–Crippen LogP) is 2.97. The fourth-order valence-electron chi connectivity index (χ4n) is 3.72. The molecule has 0 atom stereocenters. The molecule has 2 aromatic heterocycles. The summed E-state index contributed by atoms with van der Waals surface area (Å²) in [6.07, 6.45) is 5.31. The highest BCUT2D eigenvalue weighted by Crippen LogP contribution is 2.23. The number of unbranched alkanes of at least 4 members (excludes halogenated alkanes) is 1. The van der Waals surface area contributed by atoms with Gasteiger partial charge >= 0.3 is 0 Å². The van der Waals surface area contributed by atoms with Gasteiger partial charge < -0.3 is 9.64 Å². The molecule has 1 saturated heterocycles. The largest absolute Gasteiger partial charge is 0.494 e. The third-order valence-electron chi connectivity index (χ3n) is 5.93. The molecule has 9 nitrogen and oxygen atoms in total. The lowest BCUT2D eigenvalue weighted by Crippen LogP contribution is -2.48. The van der Waals surface area contributed by atoms with E-state index in [9.17, 15) is 8.42 Å². The Labute approximate surface area is 195 Å². The van der Waals surface area contributed by atoms with E-state index in [4.69, 9.17) is 4.74 Å². The van der Waals surface area contributed by atoms with Crippen molar-refractivity contribution in [1.82, 2.24) is 23.8 Å². The maximum absolute atomic E-state index is 13.1. The van der Waals surface area contributed by atoms with Gasteiger partial charge in [-0.3, -0.25) is 4.57 Å². The lowest BCUT2D eigenvalue weighted by molar-refractivity contribution is 0.309. The number of aryl methyl sites for hydroxylation is 1. The van der Waals surface area contributed by atoms with E-state index in [2.05, 4.69) is 26.8 Å². The highest BCUT2D eigenvalue weighted by molar-refractivity contribution is 7.89. The Morgan fingerprint density at radius 2 is 1.67 bits per heavy atom. The number of aromatic nitrogens is 4. The van der Waals surface area contributed by atoms with Crippen LogP contribution in [-0.2, 0) is 10.0 Å². The molecular weight excluding hydrogens is 440 g/mol. The number of piperazine rings is 1. The molecule has 176 valence electrons. The van der Waals surface area contributed by atoms with Gasteiger partial charge in [-0.1, -0.05) is 13.3 Å². The zero-order valence-corrected chi connectivity index (χ0v) is 20.1. The minimum Gasteiger partial charge on any atom is -0.494 e. The van der Waals surface area contributed by atoms with Crippen molar-refractivity contribution in [3.05, 3.63) is 54.4 Å². The molecule has 0 radical (unpaired) electrons. The summed E-state index contributed by atoms with van der Waals surface area (Å²) in [6.45, 7) is 8.57. The van der Waals surface area contributed by atoms with Gasteiger partial charge in [0.15, 0.2) is 0 Å². The van der Waals surface area contributed by atoms with Crippen LogP contribution in [0.1, 0.15) is 31.2 Å². The summed E-state index contributed by atoms with van der Waals surface area (Å²) in [7, 11) is -3.56. The smallest absolute Gasteiger partial charge is 0.243 e. The third-order valence-corrected chi connectivity index (χ3v) is 7.84. The van der Waals surface area contributed by atoms with E-state index >= 15 is 0 Å². The van der Waals surface area contributed by atoms with E-state index in [0.29, 0.717) is 38.5 Å². The van der Waals surface area contributed by atoms with Crippen LogP contribution in [0.4, 0.5) is 5.82 Å². The zero-order valence-electron chi connectivity index (χ0n) is 19.3. The first-order valence-corrected chi connectivity index (χ1v) is 12.6. The van der Waals surface area contributed by atoms with Crippen molar-refractivity contribution in [3.63, 3.8) is 0 Å². The van der Waals surface area contributed by atoms with Crippen LogP contribution in [0.15, 0.2) is 47.9 Å². The van der Waals surface area contributed by atoms with Crippen molar-refractivity contribution in [2.45, 2.75) is 38.5 Å². The molecule has 1 fully saturated rings. The number of sulfonamides is 1. The van der Waals surface area contributed by atoms with Crippen molar-refractivity contribution in [3.8, 4) is 11.6 Å². The fraction of sp³-hybridized carbons (Fsp3) is 0.435. The fourth-order valence-corrected chi connectivity index (χ4v) is 5.14. The third kappa shape index (κ3) is 5.01. The SMILES string of the molecule is CCCCOc1ccc(S(=O)(=O)N2CCN(c3cc(-n4cnc(C)c4C)ncn3)CC2)cc1. The predicted molar refractivity (Wildman–Crippen MR) is 126 cm³/mol. The van der Waals surface area contributed by atoms with Gasteiger partial charge in [0, 0.05) is 37.9 Å². The van der Waals surface area contributed by atoms with E-state index in [1.165, 1.54) is 10.6 Å². The number of nitrogens with zero attached hydrogens (tertiary/aromatic N) is 6. The van der Waals surface area contributed by atoms with Gasteiger partial charge in [0.1, 0.15) is 30.0 Å². The molecule has 1 aliphatic rings. The first-order chi connectivity index (χ1) is 15.9. The number of rotatable bonds is 8. The monoisotopic (exact) mass is 470 g/mol. The number of anilines is 1. The van der Waals surface area contributed by atoms with E-state index in [-0.39, 0.29) is 4.90 Å². The summed E-state index contributed by atoms with van der Waals surface area (Å²) < 4.78 is 35.3. The van der Waals surface area contributed by atoms with Crippen LogP contribution in [0.2, 0.25) is 0 Å². The average Bonchev–Trinajstić information content (AvgIpc) is 3.18. The number of imidazole rings is 1. The first-order valence-electron chi connectivity index (χ1n) is 11.2. The molecule has 3 heterocycles. The molecule has 4 rings (SSSR count). The first kappa shape index (κ1) is 23.2. The van der Waals surface area contributed by atoms with Crippen LogP contribution in [0, 0.1) is 13.8 Å². The molecule has 10 heteroatoms. The van der Waals surface area contributed by atoms with Gasteiger partial charge in [0.2, 0.25) is 10.0 Å². The molecule has 0 saturated carbocycles. The topological polar surface area (TPSA) is 93.5 Å². The Kier molecular flexibility index (Phi) is 6.94. The second-order valence-corrected chi connectivity index (χ2v) is 10.0. The Balaban J connectivity index is 1.41. The van der Waals surface area contributed by atoms with Crippen LogP contribution in [-0.4, -0.2) is 65.0 Å². The lowest BCUT2D eigenvalue weighted by Gasteiger charge is -2.34. The molecule has 0 spiro atoms. The van der Waals surface area contributed by atoms with Gasteiger partial charge in [0.25, 0.3) is 0 Å². The molecule has 3 aromatic rings. The molecule has 1 aromatic carbocycles.